The fourth-order valence-electron chi connectivity index (χ4n) is 2.06. The van der Waals surface area contributed by atoms with Crippen molar-refractivity contribution in [2.75, 3.05) is 40.0 Å². The lowest BCUT2D eigenvalue weighted by Crippen LogP contribution is -2.42. The zero-order valence-corrected chi connectivity index (χ0v) is 16.5. The first-order chi connectivity index (χ1) is 10.6. The molecule has 120 valence electrons. The van der Waals surface area contributed by atoms with Crippen LogP contribution in [0.5, 0.6) is 5.75 Å². The number of nitrogens with zero attached hydrogens (tertiary/aromatic N) is 2. The Kier molecular flexibility index (Phi) is 7.31. The number of halogens is 2. The summed E-state index contributed by atoms with van der Waals surface area (Å²) in [6.45, 7) is 3.24. The molecule has 1 fully saturated rings. The summed E-state index contributed by atoms with van der Waals surface area (Å²) < 4.78 is 12.7. The maximum absolute atomic E-state index is 11.8. The van der Waals surface area contributed by atoms with Crippen LogP contribution >= 0.6 is 45.2 Å². The van der Waals surface area contributed by atoms with Crippen molar-refractivity contribution in [3.63, 3.8) is 0 Å². The highest BCUT2D eigenvalue weighted by molar-refractivity contribution is 14.1. The molecule has 0 atom stereocenters. The Morgan fingerprint density at radius 1 is 1.45 bits per heavy atom. The average molecular weight is 529 g/mol. The second-order valence-corrected chi connectivity index (χ2v) is 7.10. The lowest BCUT2D eigenvalue weighted by Gasteiger charge is -2.25. The summed E-state index contributed by atoms with van der Waals surface area (Å²) in [5, 5.41) is 4.03. The number of hydrazone groups is 1. The van der Waals surface area contributed by atoms with Crippen LogP contribution in [-0.2, 0) is 9.53 Å². The van der Waals surface area contributed by atoms with E-state index in [1.807, 2.05) is 17.0 Å². The van der Waals surface area contributed by atoms with Gasteiger partial charge in [0.15, 0.2) is 0 Å². The maximum atomic E-state index is 11.8. The second-order valence-electron chi connectivity index (χ2n) is 4.69. The van der Waals surface area contributed by atoms with E-state index >= 15 is 0 Å². The smallest absolute Gasteiger partial charge is 0.254 e. The van der Waals surface area contributed by atoms with Gasteiger partial charge in [0.25, 0.3) is 5.91 Å². The summed E-state index contributed by atoms with van der Waals surface area (Å²) in [7, 11) is 1.62. The number of amides is 1. The van der Waals surface area contributed by atoms with Crippen LogP contribution in [0, 0.1) is 7.14 Å². The minimum atomic E-state index is -0.127. The Balaban J connectivity index is 1.93. The first kappa shape index (κ1) is 17.9. The molecule has 1 aromatic rings. The van der Waals surface area contributed by atoms with E-state index in [2.05, 4.69) is 55.7 Å². The molecule has 1 aromatic carbocycles. The molecule has 1 amide bonds. The summed E-state index contributed by atoms with van der Waals surface area (Å²) in [5.41, 5.74) is 3.39. The molecule has 0 unspecified atom stereocenters. The molecule has 0 bridgehead atoms. The van der Waals surface area contributed by atoms with E-state index < -0.39 is 0 Å². The number of hydrogen-bond donors (Lipinski definition) is 1. The lowest BCUT2D eigenvalue weighted by molar-refractivity contribution is -0.123. The lowest BCUT2D eigenvalue weighted by atomic mass is 10.2. The van der Waals surface area contributed by atoms with Crippen molar-refractivity contribution < 1.29 is 14.3 Å². The van der Waals surface area contributed by atoms with Crippen molar-refractivity contribution in [1.82, 2.24) is 10.3 Å². The first-order valence-corrected chi connectivity index (χ1v) is 8.91. The van der Waals surface area contributed by atoms with E-state index in [9.17, 15) is 4.79 Å². The van der Waals surface area contributed by atoms with Gasteiger partial charge in [0, 0.05) is 22.2 Å². The third-order valence-corrected chi connectivity index (χ3v) is 4.53. The molecule has 8 heteroatoms. The van der Waals surface area contributed by atoms with Gasteiger partial charge in [0.05, 0.1) is 36.7 Å². The van der Waals surface area contributed by atoms with E-state index in [4.69, 9.17) is 9.47 Å². The van der Waals surface area contributed by atoms with E-state index in [-0.39, 0.29) is 5.91 Å². The fourth-order valence-corrected chi connectivity index (χ4v) is 4.17. The molecule has 0 radical (unpaired) electrons. The normalized spacial score (nSPS) is 16.0. The molecule has 1 aliphatic heterocycles. The number of ether oxygens (including phenoxy) is 2. The van der Waals surface area contributed by atoms with Crippen LogP contribution in [0.15, 0.2) is 17.2 Å². The molecule has 1 N–H and O–H groups in total. The van der Waals surface area contributed by atoms with Crippen LogP contribution < -0.4 is 10.2 Å². The van der Waals surface area contributed by atoms with Crippen molar-refractivity contribution in [2.24, 2.45) is 5.10 Å². The van der Waals surface area contributed by atoms with Crippen LogP contribution in [0.2, 0.25) is 0 Å². The number of benzene rings is 1. The van der Waals surface area contributed by atoms with Gasteiger partial charge in [-0.1, -0.05) is 0 Å². The zero-order chi connectivity index (χ0) is 15.9. The SMILES string of the molecule is COc1c(I)cc(I)cc1/C=N\NC(=O)CN1CCOCC1. The molecule has 0 aromatic heterocycles. The third-order valence-electron chi connectivity index (χ3n) is 3.11. The van der Waals surface area contributed by atoms with Gasteiger partial charge in [-0.25, -0.2) is 5.43 Å². The molecule has 1 aliphatic rings. The Morgan fingerprint density at radius 3 is 2.86 bits per heavy atom. The first-order valence-electron chi connectivity index (χ1n) is 6.75. The summed E-state index contributed by atoms with van der Waals surface area (Å²) in [4.78, 5) is 13.9. The van der Waals surface area contributed by atoms with Crippen LogP contribution in [0.4, 0.5) is 0 Å². The van der Waals surface area contributed by atoms with Crippen molar-refractivity contribution in [3.8, 4) is 5.75 Å². The summed E-state index contributed by atoms with van der Waals surface area (Å²) >= 11 is 4.45. The Bertz CT molecular complexity index is 561. The molecular formula is C14H17I2N3O3. The van der Waals surface area contributed by atoms with E-state index in [0.29, 0.717) is 19.8 Å². The predicted octanol–water partition coefficient (Wildman–Crippen LogP) is 1.69. The fraction of sp³-hybridized carbons (Fsp3) is 0.429. The minimum Gasteiger partial charge on any atom is -0.495 e. The molecule has 22 heavy (non-hydrogen) atoms. The van der Waals surface area contributed by atoms with Gasteiger partial charge in [0.2, 0.25) is 0 Å². The van der Waals surface area contributed by atoms with Crippen molar-refractivity contribution in [3.05, 3.63) is 24.8 Å². The van der Waals surface area contributed by atoms with Gasteiger partial charge in [-0.2, -0.15) is 5.10 Å². The molecule has 6 nitrogen and oxygen atoms in total. The number of rotatable bonds is 5. The second kappa shape index (κ2) is 8.99. The largest absolute Gasteiger partial charge is 0.495 e. The third kappa shape index (κ3) is 5.32. The van der Waals surface area contributed by atoms with E-state index in [1.165, 1.54) is 0 Å². The predicted molar refractivity (Wildman–Crippen MR) is 101 cm³/mol. The van der Waals surface area contributed by atoms with Crippen LogP contribution in [-0.4, -0.2) is 57.0 Å². The van der Waals surface area contributed by atoms with Crippen molar-refractivity contribution in [2.45, 2.75) is 0 Å². The number of carbonyl (C=O) groups excluding carboxylic acids is 1. The molecule has 0 saturated carbocycles. The Labute approximate surface area is 156 Å². The molecule has 2 rings (SSSR count). The molecule has 1 heterocycles. The van der Waals surface area contributed by atoms with Crippen LogP contribution in [0.1, 0.15) is 5.56 Å². The number of methoxy groups -OCH3 is 1. The van der Waals surface area contributed by atoms with Gasteiger partial charge < -0.3 is 9.47 Å². The standard InChI is InChI=1S/C14H17I2N3O3/c1-21-14-10(6-11(15)7-12(14)16)8-17-18-13(20)9-19-2-4-22-5-3-19/h6-8H,2-5,9H2,1H3,(H,18,20)/b17-8-. The van der Waals surface area contributed by atoms with Crippen LogP contribution in [0.25, 0.3) is 0 Å². The number of nitrogens with one attached hydrogen (secondary N) is 1. The van der Waals surface area contributed by atoms with Gasteiger partial charge in [-0.05, 0) is 57.3 Å². The molecule has 0 aliphatic carbocycles. The van der Waals surface area contributed by atoms with Crippen molar-refractivity contribution >= 4 is 57.3 Å². The maximum Gasteiger partial charge on any atom is 0.254 e. The summed E-state index contributed by atoms with van der Waals surface area (Å²) in [6.07, 6.45) is 1.61. The van der Waals surface area contributed by atoms with Crippen LogP contribution in [0.3, 0.4) is 0 Å². The van der Waals surface area contributed by atoms with Gasteiger partial charge >= 0.3 is 0 Å². The van der Waals surface area contributed by atoms with Crippen molar-refractivity contribution in [1.29, 1.82) is 0 Å². The summed E-state index contributed by atoms with van der Waals surface area (Å²) in [6, 6.07) is 3.98. The van der Waals surface area contributed by atoms with Gasteiger partial charge in [-0.15, -0.1) is 0 Å². The highest BCUT2D eigenvalue weighted by atomic mass is 127. The molecular weight excluding hydrogens is 512 g/mol. The number of hydrogen-bond acceptors (Lipinski definition) is 5. The summed E-state index contributed by atoms with van der Waals surface area (Å²) in [5.74, 6) is 0.629. The topological polar surface area (TPSA) is 63.2 Å². The highest BCUT2D eigenvalue weighted by Crippen LogP contribution is 2.26. The van der Waals surface area contributed by atoms with Gasteiger partial charge in [-0.3, -0.25) is 9.69 Å². The number of carbonyl (C=O) groups is 1. The van der Waals surface area contributed by atoms with Gasteiger partial charge in [0.1, 0.15) is 5.75 Å². The Morgan fingerprint density at radius 2 is 2.18 bits per heavy atom. The minimum absolute atomic E-state index is 0.127. The van der Waals surface area contributed by atoms with E-state index in [1.54, 1.807) is 13.3 Å². The average Bonchev–Trinajstić information content (AvgIpc) is 2.48. The highest BCUT2D eigenvalue weighted by Gasteiger charge is 2.13. The Hall–Kier alpha value is -0.460. The zero-order valence-electron chi connectivity index (χ0n) is 12.1. The molecule has 0 spiro atoms. The van der Waals surface area contributed by atoms with E-state index in [0.717, 1.165) is 31.5 Å². The molecule has 1 saturated heterocycles. The monoisotopic (exact) mass is 529 g/mol. The number of morpholine rings is 1. The quantitative estimate of drug-likeness (QED) is 0.359.